The minimum Gasteiger partial charge on any atom is -0.406 e. The molecule has 0 bridgehead atoms. The fraction of sp³-hybridized carbons (Fsp3) is 0.143. The van der Waals surface area contributed by atoms with E-state index in [1.807, 2.05) is 30.3 Å². The molecule has 0 spiro atoms. The van der Waals surface area contributed by atoms with E-state index in [0.717, 1.165) is 5.56 Å². The lowest BCUT2D eigenvalue weighted by Crippen LogP contribution is -2.18. The summed E-state index contributed by atoms with van der Waals surface area (Å²) >= 11 is 0. The third kappa shape index (κ3) is 3.72. The molecule has 100 valence electrons. The van der Waals surface area contributed by atoms with Crippen molar-refractivity contribution in [3.05, 3.63) is 65.7 Å². The van der Waals surface area contributed by atoms with Gasteiger partial charge in [-0.3, -0.25) is 0 Å². The Hall–Kier alpha value is -2.01. The van der Waals surface area contributed by atoms with Gasteiger partial charge in [-0.2, -0.15) is 0 Å². The summed E-state index contributed by atoms with van der Waals surface area (Å²) in [7, 11) is 0. The zero-order chi connectivity index (χ0) is 13.9. The Balaban J connectivity index is 2.24. The predicted molar refractivity (Wildman–Crippen MR) is 65.6 cm³/mol. The van der Waals surface area contributed by atoms with Crippen molar-refractivity contribution in [2.75, 3.05) is 0 Å². The molecule has 0 aliphatic carbocycles. The summed E-state index contributed by atoms with van der Waals surface area (Å²) in [6, 6.07) is 14.3. The predicted octanol–water partition coefficient (Wildman–Crippen LogP) is 3.63. The molecule has 1 atom stereocenters. The Bertz CT molecular complexity index is 540. The lowest BCUT2D eigenvalue weighted by molar-refractivity contribution is -0.274. The van der Waals surface area contributed by atoms with Crippen molar-refractivity contribution in [3.63, 3.8) is 0 Å². The fourth-order valence-corrected chi connectivity index (χ4v) is 1.76. The highest BCUT2D eigenvalue weighted by atomic mass is 19.4. The summed E-state index contributed by atoms with van der Waals surface area (Å²) in [5.74, 6) is -0.267. The Morgan fingerprint density at radius 3 is 2.16 bits per heavy atom. The van der Waals surface area contributed by atoms with Crippen molar-refractivity contribution >= 4 is 0 Å². The van der Waals surface area contributed by atoms with Crippen LogP contribution in [0, 0.1) is 0 Å². The molecule has 0 radical (unpaired) electrons. The van der Waals surface area contributed by atoms with Crippen molar-refractivity contribution in [2.24, 2.45) is 5.73 Å². The van der Waals surface area contributed by atoms with Gasteiger partial charge >= 0.3 is 6.36 Å². The molecule has 0 amide bonds. The monoisotopic (exact) mass is 267 g/mol. The maximum atomic E-state index is 12.1. The van der Waals surface area contributed by atoms with Crippen LogP contribution >= 0.6 is 0 Å². The average molecular weight is 267 g/mol. The number of nitrogens with two attached hydrogens (primary N) is 1. The molecule has 2 aromatic carbocycles. The summed E-state index contributed by atoms with van der Waals surface area (Å²) in [4.78, 5) is 0. The van der Waals surface area contributed by atoms with E-state index in [-0.39, 0.29) is 5.75 Å². The van der Waals surface area contributed by atoms with Crippen LogP contribution < -0.4 is 10.5 Å². The minimum absolute atomic E-state index is 0.267. The van der Waals surface area contributed by atoms with E-state index in [4.69, 9.17) is 5.73 Å². The number of hydrogen-bond acceptors (Lipinski definition) is 2. The highest BCUT2D eigenvalue weighted by molar-refractivity contribution is 5.36. The molecule has 2 nitrogen and oxygen atoms in total. The summed E-state index contributed by atoms with van der Waals surface area (Å²) in [5, 5.41) is 0. The van der Waals surface area contributed by atoms with Crippen molar-refractivity contribution < 1.29 is 17.9 Å². The zero-order valence-corrected chi connectivity index (χ0v) is 9.89. The van der Waals surface area contributed by atoms with E-state index in [9.17, 15) is 13.2 Å². The van der Waals surface area contributed by atoms with Gasteiger partial charge in [0.1, 0.15) is 5.75 Å². The van der Waals surface area contributed by atoms with Gasteiger partial charge in [0.25, 0.3) is 0 Å². The Morgan fingerprint density at radius 2 is 1.53 bits per heavy atom. The summed E-state index contributed by atoms with van der Waals surface area (Å²) in [6.07, 6.45) is -4.70. The SMILES string of the molecule is NC(c1ccccc1)c1cccc(OC(F)(F)F)c1. The fourth-order valence-electron chi connectivity index (χ4n) is 1.76. The first-order valence-corrected chi connectivity index (χ1v) is 5.62. The average Bonchev–Trinajstić information content (AvgIpc) is 2.37. The van der Waals surface area contributed by atoms with Crippen LogP contribution in [-0.4, -0.2) is 6.36 Å². The first kappa shape index (κ1) is 13.4. The second-order valence-electron chi connectivity index (χ2n) is 4.01. The van der Waals surface area contributed by atoms with E-state index >= 15 is 0 Å². The van der Waals surface area contributed by atoms with Gasteiger partial charge in [-0.1, -0.05) is 42.5 Å². The minimum atomic E-state index is -4.70. The van der Waals surface area contributed by atoms with Crippen LogP contribution in [0.4, 0.5) is 13.2 Å². The van der Waals surface area contributed by atoms with Crippen molar-refractivity contribution in [2.45, 2.75) is 12.4 Å². The van der Waals surface area contributed by atoms with Crippen LogP contribution in [0.25, 0.3) is 0 Å². The molecule has 19 heavy (non-hydrogen) atoms. The van der Waals surface area contributed by atoms with E-state index in [0.29, 0.717) is 5.56 Å². The largest absolute Gasteiger partial charge is 0.573 e. The normalized spacial score (nSPS) is 13.1. The number of hydrogen-bond donors (Lipinski definition) is 1. The molecule has 0 saturated heterocycles. The molecule has 5 heteroatoms. The third-order valence-corrected chi connectivity index (χ3v) is 2.61. The van der Waals surface area contributed by atoms with Gasteiger partial charge < -0.3 is 10.5 Å². The molecule has 2 aromatic rings. The molecule has 0 heterocycles. The van der Waals surface area contributed by atoms with E-state index < -0.39 is 12.4 Å². The molecule has 0 aromatic heterocycles. The van der Waals surface area contributed by atoms with Gasteiger partial charge in [0, 0.05) is 0 Å². The molecule has 0 aliphatic heterocycles. The maximum absolute atomic E-state index is 12.1. The Kier molecular flexibility index (Phi) is 3.76. The summed E-state index contributed by atoms with van der Waals surface area (Å²) < 4.78 is 40.3. The van der Waals surface area contributed by atoms with E-state index in [2.05, 4.69) is 4.74 Å². The highest BCUT2D eigenvalue weighted by Crippen LogP contribution is 2.27. The standard InChI is InChI=1S/C14H12F3NO/c15-14(16,17)19-12-8-4-7-11(9-12)13(18)10-5-2-1-3-6-10/h1-9,13H,18H2. The van der Waals surface area contributed by atoms with Crippen LogP contribution in [-0.2, 0) is 0 Å². The van der Waals surface area contributed by atoms with Gasteiger partial charge in [-0.15, -0.1) is 13.2 Å². The number of halogens is 3. The highest BCUT2D eigenvalue weighted by Gasteiger charge is 2.31. The van der Waals surface area contributed by atoms with Crippen molar-refractivity contribution in [1.29, 1.82) is 0 Å². The Labute approximate surface area is 108 Å². The van der Waals surface area contributed by atoms with Crippen molar-refractivity contribution in [3.8, 4) is 5.75 Å². The van der Waals surface area contributed by atoms with E-state index in [1.165, 1.54) is 18.2 Å². The second-order valence-corrected chi connectivity index (χ2v) is 4.01. The van der Waals surface area contributed by atoms with Crippen LogP contribution in [0.5, 0.6) is 5.75 Å². The molecule has 2 N–H and O–H groups in total. The van der Waals surface area contributed by atoms with E-state index in [1.54, 1.807) is 6.07 Å². The van der Waals surface area contributed by atoms with Crippen LogP contribution in [0.2, 0.25) is 0 Å². The van der Waals surface area contributed by atoms with Crippen LogP contribution in [0.15, 0.2) is 54.6 Å². The molecule has 0 fully saturated rings. The first-order valence-electron chi connectivity index (χ1n) is 5.62. The zero-order valence-electron chi connectivity index (χ0n) is 9.89. The summed E-state index contributed by atoms with van der Waals surface area (Å²) in [5.41, 5.74) is 7.40. The quantitative estimate of drug-likeness (QED) is 0.921. The van der Waals surface area contributed by atoms with Gasteiger partial charge in [0.15, 0.2) is 0 Å². The third-order valence-electron chi connectivity index (χ3n) is 2.61. The van der Waals surface area contributed by atoms with Crippen LogP contribution in [0.3, 0.4) is 0 Å². The van der Waals surface area contributed by atoms with Gasteiger partial charge in [0.2, 0.25) is 0 Å². The van der Waals surface area contributed by atoms with Crippen molar-refractivity contribution in [1.82, 2.24) is 0 Å². The second kappa shape index (κ2) is 5.32. The van der Waals surface area contributed by atoms with Gasteiger partial charge in [0.05, 0.1) is 6.04 Å². The molecular weight excluding hydrogens is 255 g/mol. The number of rotatable bonds is 3. The number of ether oxygens (including phenoxy) is 1. The maximum Gasteiger partial charge on any atom is 0.573 e. The lowest BCUT2D eigenvalue weighted by atomic mass is 10.00. The molecule has 0 aliphatic rings. The smallest absolute Gasteiger partial charge is 0.406 e. The molecule has 0 saturated carbocycles. The first-order chi connectivity index (χ1) is 8.96. The Morgan fingerprint density at radius 1 is 0.895 bits per heavy atom. The molecule has 2 rings (SSSR count). The molecule has 1 unspecified atom stereocenters. The lowest BCUT2D eigenvalue weighted by Gasteiger charge is -2.14. The van der Waals surface area contributed by atoms with Gasteiger partial charge in [-0.25, -0.2) is 0 Å². The molecular formula is C14H12F3NO. The number of alkyl halides is 3. The van der Waals surface area contributed by atoms with Crippen LogP contribution in [0.1, 0.15) is 17.2 Å². The topological polar surface area (TPSA) is 35.2 Å². The number of benzene rings is 2. The summed E-state index contributed by atoms with van der Waals surface area (Å²) in [6.45, 7) is 0. The van der Waals surface area contributed by atoms with Gasteiger partial charge in [-0.05, 0) is 23.3 Å².